The zero-order valence-electron chi connectivity index (χ0n) is 14.5. The van der Waals surface area contributed by atoms with Crippen LogP contribution in [0.4, 0.5) is 13.2 Å². The van der Waals surface area contributed by atoms with Gasteiger partial charge in [-0.25, -0.2) is 13.4 Å². The van der Waals surface area contributed by atoms with Crippen molar-refractivity contribution in [2.45, 2.75) is 24.6 Å². The van der Waals surface area contributed by atoms with Gasteiger partial charge in [0.05, 0.1) is 21.7 Å². The highest BCUT2D eigenvalue weighted by molar-refractivity contribution is 7.91. The van der Waals surface area contributed by atoms with Crippen molar-refractivity contribution in [2.24, 2.45) is 7.05 Å². The van der Waals surface area contributed by atoms with Crippen molar-refractivity contribution < 1.29 is 26.3 Å². The van der Waals surface area contributed by atoms with Crippen LogP contribution in [0.25, 0.3) is 22.6 Å². The Balaban J connectivity index is 2.15. The normalized spacial score (nSPS) is 12.5. The molecule has 3 aromatic rings. The maximum absolute atomic E-state index is 12.5. The van der Waals surface area contributed by atoms with Gasteiger partial charge in [-0.2, -0.15) is 0 Å². The molecule has 0 radical (unpaired) electrons. The van der Waals surface area contributed by atoms with Crippen LogP contribution in [0.3, 0.4) is 0 Å². The number of hydrogen-bond donors (Lipinski definition) is 0. The number of hydrogen-bond acceptors (Lipinski definition) is 5. The molecule has 0 saturated heterocycles. The van der Waals surface area contributed by atoms with E-state index < -0.39 is 21.9 Å². The van der Waals surface area contributed by atoms with Crippen molar-refractivity contribution in [1.82, 2.24) is 14.5 Å². The third-order valence-electron chi connectivity index (χ3n) is 3.88. The number of pyridine rings is 1. The van der Waals surface area contributed by atoms with Crippen LogP contribution >= 0.6 is 0 Å². The Kier molecular flexibility index (Phi) is 4.85. The van der Waals surface area contributed by atoms with Gasteiger partial charge < -0.3 is 9.30 Å². The van der Waals surface area contributed by atoms with E-state index >= 15 is 0 Å². The van der Waals surface area contributed by atoms with Crippen LogP contribution in [0.2, 0.25) is 0 Å². The second-order valence-electron chi connectivity index (χ2n) is 5.86. The number of halogens is 3. The van der Waals surface area contributed by atoms with Gasteiger partial charge in [-0.3, -0.25) is 4.98 Å². The molecular weight excluding hydrogens is 383 g/mol. The van der Waals surface area contributed by atoms with Crippen LogP contribution in [0.5, 0.6) is 5.75 Å². The molecule has 3 rings (SSSR count). The van der Waals surface area contributed by atoms with E-state index in [4.69, 9.17) is 0 Å². The SMILES string of the molecule is CCCS(=O)(=O)c1cccnc1-c1nc2cc(OC(F)(F)F)ccc2n1C. The third kappa shape index (κ3) is 3.90. The number of benzene rings is 1. The van der Waals surface area contributed by atoms with E-state index in [0.717, 1.165) is 6.07 Å². The summed E-state index contributed by atoms with van der Waals surface area (Å²) in [4.78, 5) is 8.50. The van der Waals surface area contributed by atoms with Crippen LogP contribution in [0, 0.1) is 0 Å². The summed E-state index contributed by atoms with van der Waals surface area (Å²) >= 11 is 0. The van der Waals surface area contributed by atoms with E-state index in [-0.39, 0.29) is 27.7 Å². The average Bonchev–Trinajstić information content (AvgIpc) is 2.89. The summed E-state index contributed by atoms with van der Waals surface area (Å²) in [5, 5.41) is 0. The van der Waals surface area contributed by atoms with E-state index in [1.54, 1.807) is 18.5 Å². The Labute approximate surface area is 153 Å². The molecule has 27 heavy (non-hydrogen) atoms. The van der Waals surface area contributed by atoms with Crippen LogP contribution in [-0.4, -0.2) is 35.1 Å². The first-order chi connectivity index (χ1) is 12.6. The maximum Gasteiger partial charge on any atom is 0.573 e. The van der Waals surface area contributed by atoms with Crippen molar-refractivity contribution in [2.75, 3.05) is 5.75 Å². The molecule has 2 aromatic heterocycles. The first-order valence-electron chi connectivity index (χ1n) is 8.03. The minimum atomic E-state index is -4.81. The van der Waals surface area contributed by atoms with Crippen LogP contribution in [-0.2, 0) is 16.9 Å². The van der Waals surface area contributed by atoms with Gasteiger partial charge in [0.2, 0.25) is 0 Å². The lowest BCUT2D eigenvalue weighted by molar-refractivity contribution is -0.274. The van der Waals surface area contributed by atoms with Crippen molar-refractivity contribution in [3.05, 3.63) is 36.5 Å². The fourth-order valence-electron chi connectivity index (χ4n) is 2.78. The minimum absolute atomic E-state index is 0.0389. The predicted octanol–water partition coefficient (Wildman–Crippen LogP) is 3.72. The number of nitrogens with zero attached hydrogens (tertiary/aromatic N) is 3. The standard InChI is InChI=1S/C17H16F3N3O3S/c1-3-9-27(24,25)14-5-4-8-21-15(14)16-22-12-10-11(26-17(18,19)20)6-7-13(12)23(16)2/h4-8,10H,3,9H2,1-2H3. The lowest BCUT2D eigenvalue weighted by Gasteiger charge is -2.09. The van der Waals surface area contributed by atoms with Gasteiger partial charge in [0.25, 0.3) is 0 Å². The number of fused-ring (bicyclic) bond motifs is 1. The van der Waals surface area contributed by atoms with Crippen molar-refractivity contribution in [3.8, 4) is 17.3 Å². The smallest absolute Gasteiger partial charge is 0.406 e. The van der Waals surface area contributed by atoms with Gasteiger partial charge >= 0.3 is 6.36 Å². The molecule has 2 heterocycles. The first-order valence-corrected chi connectivity index (χ1v) is 9.68. The summed E-state index contributed by atoms with van der Waals surface area (Å²) in [5.74, 6) is -0.205. The monoisotopic (exact) mass is 399 g/mol. The highest BCUT2D eigenvalue weighted by atomic mass is 32.2. The molecule has 0 aliphatic carbocycles. The Morgan fingerprint density at radius 1 is 1.22 bits per heavy atom. The van der Waals surface area contributed by atoms with E-state index in [0.29, 0.717) is 11.9 Å². The number of aryl methyl sites for hydroxylation is 1. The summed E-state index contributed by atoms with van der Waals surface area (Å²) < 4.78 is 67.8. The molecule has 144 valence electrons. The van der Waals surface area contributed by atoms with Gasteiger partial charge in [-0.05, 0) is 30.7 Å². The molecule has 0 aliphatic heterocycles. The Morgan fingerprint density at radius 3 is 2.63 bits per heavy atom. The zero-order chi connectivity index (χ0) is 19.8. The number of aromatic nitrogens is 3. The molecule has 0 fully saturated rings. The molecule has 0 bridgehead atoms. The predicted molar refractivity (Wildman–Crippen MR) is 93.0 cm³/mol. The summed E-state index contributed by atoms with van der Waals surface area (Å²) in [6, 6.07) is 6.72. The molecule has 10 heteroatoms. The van der Waals surface area contributed by atoms with E-state index in [2.05, 4.69) is 14.7 Å². The van der Waals surface area contributed by atoms with Crippen molar-refractivity contribution >= 4 is 20.9 Å². The fraction of sp³-hybridized carbons (Fsp3) is 0.294. The zero-order valence-corrected chi connectivity index (χ0v) is 15.3. The highest BCUT2D eigenvalue weighted by Gasteiger charge is 2.31. The van der Waals surface area contributed by atoms with Gasteiger partial charge in [-0.15, -0.1) is 13.2 Å². The largest absolute Gasteiger partial charge is 0.573 e. The minimum Gasteiger partial charge on any atom is -0.406 e. The number of imidazole rings is 1. The van der Waals surface area contributed by atoms with Crippen LogP contribution in [0.15, 0.2) is 41.4 Å². The van der Waals surface area contributed by atoms with Crippen molar-refractivity contribution in [3.63, 3.8) is 0 Å². The van der Waals surface area contributed by atoms with Gasteiger partial charge in [0.15, 0.2) is 15.7 Å². The number of ether oxygens (including phenoxy) is 1. The summed E-state index contributed by atoms with van der Waals surface area (Å²) in [6.07, 6.45) is -2.93. The summed E-state index contributed by atoms with van der Waals surface area (Å²) in [7, 11) is -1.93. The molecule has 1 aromatic carbocycles. The average molecular weight is 399 g/mol. The van der Waals surface area contributed by atoms with E-state index in [1.807, 2.05) is 0 Å². The first kappa shape index (κ1) is 19.2. The quantitative estimate of drug-likeness (QED) is 0.654. The highest BCUT2D eigenvalue weighted by Crippen LogP contribution is 2.31. The summed E-state index contributed by atoms with van der Waals surface area (Å²) in [6.45, 7) is 1.75. The molecule has 0 atom stereocenters. The van der Waals surface area contributed by atoms with Crippen molar-refractivity contribution in [1.29, 1.82) is 0 Å². The molecule has 0 N–H and O–H groups in total. The molecule has 0 aliphatic rings. The molecule has 6 nitrogen and oxygen atoms in total. The maximum atomic E-state index is 12.5. The fourth-order valence-corrected chi connectivity index (χ4v) is 4.26. The van der Waals surface area contributed by atoms with Crippen LogP contribution < -0.4 is 4.74 Å². The topological polar surface area (TPSA) is 74.1 Å². The molecule has 0 unspecified atom stereocenters. The van der Waals surface area contributed by atoms with E-state index in [9.17, 15) is 21.6 Å². The molecule has 0 saturated carbocycles. The Morgan fingerprint density at radius 2 is 1.96 bits per heavy atom. The van der Waals surface area contributed by atoms with Gasteiger partial charge in [0.1, 0.15) is 11.4 Å². The molecule has 0 spiro atoms. The molecular formula is C17H16F3N3O3S. The lowest BCUT2D eigenvalue weighted by Crippen LogP contribution is -2.16. The lowest BCUT2D eigenvalue weighted by atomic mass is 10.3. The van der Waals surface area contributed by atoms with E-state index in [1.165, 1.54) is 30.5 Å². The number of rotatable bonds is 5. The summed E-state index contributed by atoms with van der Waals surface area (Å²) in [5.41, 5.74) is 0.908. The van der Waals surface area contributed by atoms with Gasteiger partial charge in [-0.1, -0.05) is 6.92 Å². The Bertz CT molecular complexity index is 1090. The molecule has 0 amide bonds. The van der Waals surface area contributed by atoms with Gasteiger partial charge in [0, 0.05) is 19.3 Å². The second-order valence-corrected chi connectivity index (χ2v) is 7.94. The Hall–Kier alpha value is -2.62. The number of alkyl halides is 3. The third-order valence-corrected chi connectivity index (χ3v) is 5.82. The van der Waals surface area contributed by atoms with Crippen LogP contribution in [0.1, 0.15) is 13.3 Å². The second kappa shape index (κ2) is 6.84. The number of sulfone groups is 1.